The molecule has 1 saturated carbocycles. The third-order valence-electron chi connectivity index (χ3n) is 3.47. The van der Waals surface area contributed by atoms with Gasteiger partial charge in [-0.05, 0) is 31.4 Å². The Morgan fingerprint density at radius 2 is 2.06 bits per heavy atom. The van der Waals surface area contributed by atoms with Crippen LogP contribution in [0.4, 0.5) is 0 Å². The highest BCUT2D eigenvalue weighted by Crippen LogP contribution is 2.27. The van der Waals surface area contributed by atoms with Gasteiger partial charge in [-0.3, -0.25) is 0 Å². The summed E-state index contributed by atoms with van der Waals surface area (Å²) in [5, 5.41) is 4.21. The molecule has 1 aromatic rings. The summed E-state index contributed by atoms with van der Waals surface area (Å²) in [6.45, 7) is 3.22. The third kappa shape index (κ3) is 3.19. The summed E-state index contributed by atoms with van der Waals surface area (Å²) < 4.78 is 0. The first-order valence-corrected chi connectivity index (χ1v) is 6.41. The van der Waals surface area contributed by atoms with Gasteiger partial charge in [-0.25, -0.2) is 4.98 Å². The highest BCUT2D eigenvalue weighted by molar-refractivity contribution is 6.29. The van der Waals surface area contributed by atoms with Crippen LogP contribution >= 0.6 is 11.6 Å². The van der Waals surface area contributed by atoms with Gasteiger partial charge in [0.25, 0.3) is 0 Å². The molecule has 0 unspecified atom stereocenters. The molecule has 16 heavy (non-hydrogen) atoms. The van der Waals surface area contributed by atoms with Crippen LogP contribution in [-0.2, 0) is 6.54 Å². The summed E-state index contributed by atoms with van der Waals surface area (Å²) >= 11 is 5.76. The minimum atomic E-state index is 0.317. The van der Waals surface area contributed by atoms with E-state index in [4.69, 9.17) is 11.6 Å². The monoisotopic (exact) mass is 238 g/mol. The molecule has 1 aliphatic rings. The molecule has 1 aromatic heterocycles. The highest BCUT2D eigenvalue weighted by Gasteiger charge is 2.25. The Morgan fingerprint density at radius 3 is 2.69 bits per heavy atom. The van der Waals surface area contributed by atoms with Crippen LogP contribution in [0.15, 0.2) is 18.3 Å². The molecule has 0 atom stereocenters. The van der Waals surface area contributed by atoms with E-state index in [9.17, 15) is 0 Å². The predicted octanol–water partition coefficient (Wildman–Crippen LogP) is 3.55. The Labute approximate surface area is 102 Å². The molecule has 0 spiro atoms. The fraction of sp³-hybridized carbons (Fsp3) is 0.615. The number of rotatable bonds is 3. The van der Waals surface area contributed by atoms with E-state index < -0.39 is 0 Å². The second-order valence-corrected chi connectivity index (χ2v) is 5.35. The zero-order valence-electron chi connectivity index (χ0n) is 9.80. The van der Waals surface area contributed by atoms with Crippen LogP contribution in [0.1, 0.15) is 44.6 Å². The van der Waals surface area contributed by atoms with Crippen molar-refractivity contribution in [3.63, 3.8) is 0 Å². The molecule has 3 heteroatoms. The molecule has 0 bridgehead atoms. The van der Waals surface area contributed by atoms with Crippen LogP contribution in [0.5, 0.6) is 0 Å². The lowest BCUT2D eigenvalue weighted by Crippen LogP contribution is -2.43. The van der Waals surface area contributed by atoms with E-state index in [1.54, 1.807) is 0 Å². The van der Waals surface area contributed by atoms with Gasteiger partial charge in [0.1, 0.15) is 5.15 Å². The van der Waals surface area contributed by atoms with E-state index in [0.29, 0.717) is 10.7 Å². The highest BCUT2D eigenvalue weighted by atomic mass is 35.5. The molecule has 0 amide bonds. The minimum absolute atomic E-state index is 0.317. The quantitative estimate of drug-likeness (QED) is 0.815. The fourth-order valence-electron chi connectivity index (χ4n) is 2.34. The number of nitrogens with zero attached hydrogens (tertiary/aromatic N) is 1. The fourth-order valence-corrected chi connectivity index (χ4v) is 2.45. The van der Waals surface area contributed by atoms with Gasteiger partial charge in [0.2, 0.25) is 0 Å². The van der Waals surface area contributed by atoms with Crippen molar-refractivity contribution in [3.8, 4) is 0 Å². The maximum absolute atomic E-state index is 5.76. The van der Waals surface area contributed by atoms with E-state index in [-0.39, 0.29) is 0 Å². The molecule has 0 radical (unpaired) electrons. The number of hydrogen-bond donors (Lipinski definition) is 1. The molecular weight excluding hydrogens is 220 g/mol. The van der Waals surface area contributed by atoms with Gasteiger partial charge in [-0.15, -0.1) is 0 Å². The molecule has 88 valence electrons. The number of hydrogen-bond acceptors (Lipinski definition) is 2. The van der Waals surface area contributed by atoms with Gasteiger partial charge in [-0.2, -0.15) is 0 Å². The van der Waals surface area contributed by atoms with Gasteiger partial charge in [0, 0.05) is 18.3 Å². The Morgan fingerprint density at radius 1 is 1.31 bits per heavy atom. The SMILES string of the molecule is CC1(NCc2ccc(Cl)nc2)CCCCC1. The Bertz CT molecular complexity index is 328. The van der Waals surface area contributed by atoms with Gasteiger partial charge < -0.3 is 5.32 Å². The molecule has 2 nitrogen and oxygen atoms in total. The largest absolute Gasteiger partial charge is 0.307 e. The topological polar surface area (TPSA) is 24.9 Å². The summed E-state index contributed by atoms with van der Waals surface area (Å²) in [4.78, 5) is 4.09. The molecule has 1 N–H and O–H groups in total. The molecule has 1 aliphatic carbocycles. The third-order valence-corrected chi connectivity index (χ3v) is 3.69. The summed E-state index contributed by atoms with van der Waals surface area (Å²) in [5.41, 5.74) is 1.52. The van der Waals surface area contributed by atoms with Crippen molar-refractivity contribution in [2.75, 3.05) is 0 Å². The molecule has 1 heterocycles. The van der Waals surface area contributed by atoms with Crippen molar-refractivity contribution >= 4 is 11.6 Å². The van der Waals surface area contributed by atoms with Crippen LogP contribution in [0.2, 0.25) is 5.15 Å². The average molecular weight is 239 g/mol. The van der Waals surface area contributed by atoms with Gasteiger partial charge in [-0.1, -0.05) is 36.9 Å². The van der Waals surface area contributed by atoms with E-state index in [1.807, 2.05) is 18.3 Å². The summed E-state index contributed by atoms with van der Waals surface area (Å²) in [7, 11) is 0. The van der Waals surface area contributed by atoms with Crippen LogP contribution in [0.25, 0.3) is 0 Å². The van der Waals surface area contributed by atoms with Crippen molar-refractivity contribution in [2.24, 2.45) is 0 Å². The first kappa shape index (κ1) is 11.9. The zero-order valence-corrected chi connectivity index (χ0v) is 10.6. The molecule has 0 aliphatic heterocycles. The molecule has 1 fully saturated rings. The van der Waals surface area contributed by atoms with Crippen LogP contribution in [0.3, 0.4) is 0 Å². The first-order valence-electron chi connectivity index (χ1n) is 6.03. The zero-order chi connectivity index (χ0) is 11.4. The van der Waals surface area contributed by atoms with Crippen molar-refractivity contribution in [3.05, 3.63) is 29.0 Å². The summed E-state index contributed by atoms with van der Waals surface area (Å²) in [6, 6.07) is 3.89. The summed E-state index contributed by atoms with van der Waals surface area (Å²) in [5.74, 6) is 0. The van der Waals surface area contributed by atoms with E-state index in [2.05, 4.69) is 17.2 Å². The van der Waals surface area contributed by atoms with Crippen LogP contribution in [-0.4, -0.2) is 10.5 Å². The Hall–Kier alpha value is -0.600. The maximum Gasteiger partial charge on any atom is 0.129 e. The van der Waals surface area contributed by atoms with Crippen LogP contribution in [0, 0.1) is 0 Å². The van der Waals surface area contributed by atoms with Gasteiger partial charge in [0.15, 0.2) is 0 Å². The summed E-state index contributed by atoms with van der Waals surface area (Å²) in [6.07, 6.45) is 8.51. The number of nitrogens with one attached hydrogen (secondary N) is 1. The number of pyridine rings is 1. The normalized spacial score (nSPS) is 19.6. The predicted molar refractivity (Wildman–Crippen MR) is 67.6 cm³/mol. The Balaban J connectivity index is 1.88. The number of halogens is 1. The van der Waals surface area contributed by atoms with Crippen LogP contribution < -0.4 is 5.32 Å². The smallest absolute Gasteiger partial charge is 0.129 e. The molecular formula is C13H19ClN2. The molecule has 0 saturated heterocycles. The van der Waals surface area contributed by atoms with Crippen molar-refractivity contribution in [2.45, 2.75) is 51.1 Å². The van der Waals surface area contributed by atoms with E-state index >= 15 is 0 Å². The van der Waals surface area contributed by atoms with Crippen molar-refractivity contribution < 1.29 is 0 Å². The first-order chi connectivity index (χ1) is 7.68. The van der Waals surface area contributed by atoms with Crippen molar-refractivity contribution in [1.29, 1.82) is 0 Å². The minimum Gasteiger partial charge on any atom is -0.307 e. The molecule has 2 rings (SSSR count). The number of aromatic nitrogens is 1. The van der Waals surface area contributed by atoms with Gasteiger partial charge >= 0.3 is 0 Å². The lowest BCUT2D eigenvalue weighted by molar-refractivity contribution is 0.252. The standard InChI is InChI=1S/C13H19ClN2/c1-13(7-3-2-4-8-13)16-10-11-5-6-12(14)15-9-11/h5-6,9,16H,2-4,7-8,10H2,1H3. The van der Waals surface area contributed by atoms with Crippen molar-refractivity contribution in [1.82, 2.24) is 10.3 Å². The second kappa shape index (κ2) is 5.15. The van der Waals surface area contributed by atoms with E-state index in [0.717, 1.165) is 6.54 Å². The van der Waals surface area contributed by atoms with Gasteiger partial charge in [0.05, 0.1) is 0 Å². The van der Waals surface area contributed by atoms with E-state index in [1.165, 1.54) is 37.7 Å². The average Bonchev–Trinajstić information content (AvgIpc) is 2.29. The maximum atomic E-state index is 5.76. The second-order valence-electron chi connectivity index (χ2n) is 4.96. The lowest BCUT2D eigenvalue weighted by atomic mass is 9.83. The Kier molecular flexibility index (Phi) is 3.82. The molecule has 0 aromatic carbocycles. The lowest BCUT2D eigenvalue weighted by Gasteiger charge is -2.34.